The normalized spacial score (nSPS) is 10.7. The van der Waals surface area contributed by atoms with E-state index in [9.17, 15) is 9.18 Å². The molecule has 0 saturated heterocycles. The van der Waals surface area contributed by atoms with Crippen molar-refractivity contribution in [3.05, 3.63) is 34.7 Å². The maximum absolute atomic E-state index is 13.2. The van der Waals surface area contributed by atoms with Gasteiger partial charge in [0.15, 0.2) is 0 Å². The number of H-pyrrole nitrogens is 1. The maximum Gasteiger partial charge on any atom is 0.337 e. The van der Waals surface area contributed by atoms with E-state index in [4.69, 9.17) is 16.7 Å². The fraction of sp³-hybridized carbons (Fsp3) is 0. The molecule has 1 aromatic heterocycles. The number of fused-ring (bicyclic) bond motifs is 1. The zero-order valence-electron chi connectivity index (χ0n) is 6.84. The first kappa shape index (κ1) is 9.02. The van der Waals surface area contributed by atoms with Gasteiger partial charge < -0.3 is 10.1 Å². The Balaban J connectivity index is 2.90. The van der Waals surface area contributed by atoms with E-state index in [1.54, 1.807) is 0 Å². The highest BCUT2D eigenvalue weighted by molar-refractivity contribution is 6.36. The summed E-state index contributed by atoms with van der Waals surface area (Å²) in [6.07, 6.45) is 1.22. The van der Waals surface area contributed by atoms with Crippen LogP contribution in [0.25, 0.3) is 10.9 Å². The van der Waals surface area contributed by atoms with Crippen molar-refractivity contribution in [3.63, 3.8) is 0 Å². The molecule has 3 nitrogen and oxygen atoms in total. The predicted octanol–water partition coefficient (Wildman–Crippen LogP) is 2.66. The van der Waals surface area contributed by atoms with Gasteiger partial charge in [0.1, 0.15) is 5.82 Å². The summed E-state index contributed by atoms with van der Waals surface area (Å²) in [4.78, 5) is 13.3. The number of carbonyl (C=O) groups is 1. The highest BCUT2D eigenvalue weighted by Gasteiger charge is 2.15. The monoisotopic (exact) mass is 213 g/mol. The van der Waals surface area contributed by atoms with Crippen molar-refractivity contribution in [2.45, 2.75) is 0 Å². The van der Waals surface area contributed by atoms with E-state index in [0.717, 1.165) is 0 Å². The third-order valence-electron chi connectivity index (χ3n) is 1.96. The number of aromatic nitrogens is 1. The fourth-order valence-electron chi connectivity index (χ4n) is 1.34. The first-order chi connectivity index (χ1) is 6.61. The zero-order chi connectivity index (χ0) is 10.3. The predicted molar refractivity (Wildman–Crippen MR) is 50.2 cm³/mol. The van der Waals surface area contributed by atoms with Gasteiger partial charge in [0.05, 0.1) is 16.1 Å². The van der Waals surface area contributed by atoms with Gasteiger partial charge in [-0.05, 0) is 12.1 Å². The van der Waals surface area contributed by atoms with Crippen LogP contribution in [0.5, 0.6) is 0 Å². The number of halogens is 2. The minimum Gasteiger partial charge on any atom is -0.478 e. The SMILES string of the molecule is O=C(O)c1c[nH]c2c(F)ccc(Cl)c12. The second-order valence-corrected chi connectivity index (χ2v) is 3.19. The number of aromatic amines is 1. The molecule has 0 radical (unpaired) electrons. The third-order valence-corrected chi connectivity index (χ3v) is 2.28. The molecular formula is C9H5ClFNO2. The second-order valence-electron chi connectivity index (χ2n) is 2.79. The van der Waals surface area contributed by atoms with E-state index in [-0.39, 0.29) is 21.5 Å². The number of rotatable bonds is 1. The van der Waals surface area contributed by atoms with Crippen LogP contribution in [-0.2, 0) is 0 Å². The zero-order valence-corrected chi connectivity index (χ0v) is 7.60. The van der Waals surface area contributed by atoms with Gasteiger partial charge in [0, 0.05) is 11.6 Å². The van der Waals surface area contributed by atoms with Crippen LogP contribution in [0.3, 0.4) is 0 Å². The summed E-state index contributed by atoms with van der Waals surface area (Å²) in [7, 11) is 0. The van der Waals surface area contributed by atoms with Crippen molar-refractivity contribution in [3.8, 4) is 0 Å². The molecule has 0 saturated carbocycles. The summed E-state index contributed by atoms with van der Waals surface area (Å²) in [5, 5.41) is 9.22. The van der Waals surface area contributed by atoms with Crippen molar-refractivity contribution < 1.29 is 14.3 Å². The van der Waals surface area contributed by atoms with Gasteiger partial charge in [-0.2, -0.15) is 0 Å². The number of carboxylic acids is 1. The molecule has 0 amide bonds. The average Bonchev–Trinajstić information content (AvgIpc) is 2.56. The van der Waals surface area contributed by atoms with Gasteiger partial charge in [0.2, 0.25) is 0 Å². The Morgan fingerprint density at radius 2 is 2.21 bits per heavy atom. The molecule has 0 aliphatic heterocycles. The standard InChI is InChI=1S/C9H5ClFNO2/c10-5-1-2-6(11)8-7(5)4(3-12-8)9(13)14/h1-3,12H,(H,13,14). The van der Waals surface area contributed by atoms with Gasteiger partial charge >= 0.3 is 5.97 Å². The molecular weight excluding hydrogens is 209 g/mol. The molecule has 0 spiro atoms. The van der Waals surface area contributed by atoms with Crippen LogP contribution >= 0.6 is 11.6 Å². The summed E-state index contributed by atoms with van der Waals surface area (Å²) < 4.78 is 13.2. The molecule has 0 aliphatic rings. The Bertz CT molecular complexity index is 521. The Kier molecular flexibility index (Phi) is 1.93. The smallest absolute Gasteiger partial charge is 0.337 e. The quantitative estimate of drug-likeness (QED) is 0.765. The molecule has 0 atom stereocenters. The molecule has 5 heteroatoms. The van der Waals surface area contributed by atoms with Crippen LogP contribution in [0.4, 0.5) is 4.39 Å². The lowest BCUT2D eigenvalue weighted by atomic mass is 10.2. The molecule has 1 aromatic carbocycles. The Morgan fingerprint density at radius 3 is 2.86 bits per heavy atom. The Morgan fingerprint density at radius 1 is 1.50 bits per heavy atom. The maximum atomic E-state index is 13.2. The minimum absolute atomic E-state index is 0.0236. The lowest BCUT2D eigenvalue weighted by Gasteiger charge is -1.96. The number of hydrogen-bond acceptors (Lipinski definition) is 1. The van der Waals surface area contributed by atoms with Crippen LogP contribution in [-0.4, -0.2) is 16.1 Å². The average molecular weight is 214 g/mol. The van der Waals surface area contributed by atoms with E-state index in [0.29, 0.717) is 0 Å². The van der Waals surface area contributed by atoms with Gasteiger partial charge in [0.25, 0.3) is 0 Å². The fourth-order valence-corrected chi connectivity index (χ4v) is 1.60. The van der Waals surface area contributed by atoms with E-state index >= 15 is 0 Å². The lowest BCUT2D eigenvalue weighted by Crippen LogP contribution is -1.94. The van der Waals surface area contributed by atoms with Crippen molar-refractivity contribution >= 4 is 28.5 Å². The van der Waals surface area contributed by atoms with Crippen LogP contribution in [0.1, 0.15) is 10.4 Å². The number of nitrogens with one attached hydrogen (secondary N) is 1. The van der Waals surface area contributed by atoms with Crippen molar-refractivity contribution in [2.75, 3.05) is 0 Å². The second kappa shape index (κ2) is 2.99. The summed E-state index contributed by atoms with van der Waals surface area (Å²) in [5.74, 6) is -1.65. The molecule has 72 valence electrons. The van der Waals surface area contributed by atoms with E-state index in [1.807, 2.05) is 0 Å². The topological polar surface area (TPSA) is 53.1 Å². The van der Waals surface area contributed by atoms with E-state index in [2.05, 4.69) is 4.98 Å². The molecule has 0 aliphatic carbocycles. The minimum atomic E-state index is -1.14. The molecule has 14 heavy (non-hydrogen) atoms. The van der Waals surface area contributed by atoms with E-state index < -0.39 is 11.8 Å². The van der Waals surface area contributed by atoms with Crippen molar-refractivity contribution in [1.82, 2.24) is 4.98 Å². The summed E-state index contributed by atoms with van der Waals surface area (Å²) in [6, 6.07) is 2.52. The van der Waals surface area contributed by atoms with Gasteiger partial charge in [-0.25, -0.2) is 9.18 Å². The highest BCUT2D eigenvalue weighted by atomic mass is 35.5. The summed E-state index contributed by atoms with van der Waals surface area (Å²) >= 11 is 5.77. The van der Waals surface area contributed by atoms with Crippen molar-refractivity contribution in [1.29, 1.82) is 0 Å². The van der Waals surface area contributed by atoms with Gasteiger partial charge in [-0.1, -0.05) is 11.6 Å². The Hall–Kier alpha value is -1.55. The van der Waals surface area contributed by atoms with Crippen molar-refractivity contribution in [2.24, 2.45) is 0 Å². The third kappa shape index (κ3) is 1.15. The van der Waals surface area contributed by atoms with Crippen LogP contribution in [0, 0.1) is 5.82 Å². The van der Waals surface area contributed by atoms with Crippen LogP contribution in [0.15, 0.2) is 18.3 Å². The number of carboxylic acid groups (broad SMARTS) is 1. The molecule has 2 N–H and O–H groups in total. The molecule has 0 unspecified atom stereocenters. The molecule has 0 bridgehead atoms. The van der Waals surface area contributed by atoms with Gasteiger partial charge in [-0.15, -0.1) is 0 Å². The van der Waals surface area contributed by atoms with E-state index in [1.165, 1.54) is 18.3 Å². The van der Waals surface area contributed by atoms with Crippen LogP contribution < -0.4 is 0 Å². The number of benzene rings is 1. The molecule has 2 rings (SSSR count). The number of aromatic carboxylic acids is 1. The summed E-state index contributed by atoms with van der Waals surface area (Å²) in [5.41, 5.74) is 0.0967. The molecule has 2 aromatic rings. The highest BCUT2D eigenvalue weighted by Crippen LogP contribution is 2.28. The van der Waals surface area contributed by atoms with Crippen LogP contribution in [0.2, 0.25) is 5.02 Å². The lowest BCUT2D eigenvalue weighted by molar-refractivity contribution is 0.0699. The first-order valence-corrected chi connectivity index (χ1v) is 4.17. The number of hydrogen-bond donors (Lipinski definition) is 2. The Labute approximate surface area is 83.1 Å². The molecule has 1 heterocycles. The molecule has 0 fully saturated rings. The summed E-state index contributed by atoms with van der Waals surface area (Å²) in [6.45, 7) is 0. The largest absolute Gasteiger partial charge is 0.478 e. The first-order valence-electron chi connectivity index (χ1n) is 3.79. The van der Waals surface area contributed by atoms with Gasteiger partial charge in [-0.3, -0.25) is 0 Å².